The van der Waals surface area contributed by atoms with Gasteiger partial charge < -0.3 is 10.0 Å². The van der Waals surface area contributed by atoms with E-state index < -0.39 is 11.8 Å². The fraction of sp³-hybridized carbons (Fsp3) is 0.333. The number of hydrogen-bond donors (Lipinski definition) is 1. The Bertz CT molecular complexity index is 465. The molecule has 0 unspecified atom stereocenters. The molecule has 0 aliphatic carbocycles. The molecule has 6 heteroatoms. The lowest BCUT2D eigenvalue weighted by atomic mass is 10.2. The van der Waals surface area contributed by atoms with Crippen molar-refractivity contribution in [1.82, 2.24) is 4.90 Å². The molecule has 4 nitrogen and oxygen atoms in total. The lowest BCUT2D eigenvalue weighted by molar-refractivity contribution is -0.137. The van der Waals surface area contributed by atoms with Crippen molar-refractivity contribution in [3.05, 3.63) is 34.1 Å². The van der Waals surface area contributed by atoms with Gasteiger partial charge in [0.1, 0.15) is 5.82 Å². The number of carboxylic acids is 1. The summed E-state index contributed by atoms with van der Waals surface area (Å²) in [6, 6.07) is 3.83. The molecule has 1 aromatic carbocycles. The fourth-order valence-electron chi connectivity index (χ4n) is 1.44. The van der Waals surface area contributed by atoms with Crippen LogP contribution in [0.5, 0.6) is 0 Å². The van der Waals surface area contributed by atoms with Gasteiger partial charge in [-0.3, -0.25) is 9.59 Å². The number of amides is 1. The first-order valence-electron chi connectivity index (χ1n) is 5.34. The third-order valence-electron chi connectivity index (χ3n) is 2.39. The molecule has 0 fully saturated rings. The average Bonchev–Trinajstić information content (AvgIpc) is 2.27. The summed E-state index contributed by atoms with van der Waals surface area (Å²) in [7, 11) is 1.58. The standard InChI is InChI=1S/C12H13BrFNO3/c1-15(6-2-3-11(16)17)12(18)9-5-4-8(14)7-10(9)13/h4-5,7H,2-3,6H2,1H3,(H,16,17). The van der Waals surface area contributed by atoms with Crippen LogP contribution in [0.25, 0.3) is 0 Å². The summed E-state index contributed by atoms with van der Waals surface area (Å²) in [5.41, 5.74) is 0.356. The van der Waals surface area contributed by atoms with Crippen LogP contribution in [0.3, 0.4) is 0 Å². The van der Waals surface area contributed by atoms with Gasteiger partial charge in [0.25, 0.3) is 5.91 Å². The van der Waals surface area contributed by atoms with Gasteiger partial charge in [0.05, 0.1) is 5.56 Å². The van der Waals surface area contributed by atoms with Gasteiger partial charge in [0, 0.05) is 24.5 Å². The van der Waals surface area contributed by atoms with E-state index in [9.17, 15) is 14.0 Å². The van der Waals surface area contributed by atoms with Crippen molar-refractivity contribution in [3.63, 3.8) is 0 Å². The zero-order valence-electron chi connectivity index (χ0n) is 9.82. The molecule has 1 aromatic rings. The molecule has 18 heavy (non-hydrogen) atoms. The summed E-state index contributed by atoms with van der Waals surface area (Å²) < 4.78 is 13.3. The molecule has 0 aliphatic heterocycles. The smallest absolute Gasteiger partial charge is 0.303 e. The third kappa shape index (κ3) is 4.10. The van der Waals surface area contributed by atoms with E-state index in [0.29, 0.717) is 23.0 Å². The maximum atomic E-state index is 12.9. The zero-order valence-corrected chi connectivity index (χ0v) is 11.4. The van der Waals surface area contributed by atoms with Gasteiger partial charge in [-0.15, -0.1) is 0 Å². The van der Waals surface area contributed by atoms with E-state index in [2.05, 4.69) is 15.9 Å². The predicted octanol–water partition coefficient (Wildman–Crippen LogP) is 2.53. The zero-order chi connectivity index (χ0) is 13.7. The number of nitrogens with zero attached hydrogens (tertiary/aromatic N) is 1. The molecule has 0 bridgehead atoms. The molecule has 0 atom stereocenters. The molecule has 0 aliphatic rings. The minimum Gasteiger partial charge on any atom is -0.481 e. The van der Waals surface area contributed by atoms with Crippen molar-refractivity contribution in [2.45, 2.75) is 12.8 Å². The topological polar surface area (TPSA) is 57.6 Å². The fourth-order valence-corrected chi connectivity index (χ4v) is 1.96. The van der Waals surface area contributed by atoms with E-state index in [1.165, 1.54) is 23.1 Å². The van der Waals surface area contributed by atoms with Crippen molar-refractivity contribution in [1.29, 1.82) is 0 Å². The van der Waals surface area contributed by atoms with E-state index in [0.717, 1.165) is 0 Å². The number of carboxylic acid groups (broad SMARTS) is 1. The van der Waals surface area contributed by atoms with Gasteiger partial charge in [-0.05, 0) is 40.5 Å². The van der Waals surface area contributed by atoms with Crippen LogP contribution >= 0.6 is 15.9 Å². The summed E-state index contributed by atoms with van der Waals surface area (Å²) in [5, 5.41) is 8.50. The highest BCUT2D eigenvalue weighted by Crippen LogP contribution is 2.19. The van der Waals surface area contributed by atoms with Crippen LogP contribution in [-0.2, 0) is 4.79 Å². The Kier molecular flexibility index (Phi) is 5.27. The molecule has 0 aromatic heterocycles. The molecule has 1 N–H and O–H groups in total. The Balaban J connectivity index is 2.65. The largest absolute Gasteiger partial charge is 0.481 e. The second-order valence-electron chi connectivity index (χ2n) is 3.85. The highest BCUT2D eigenvalue weighted by Gasteiger charge is 2.15. The van der Waals surface area contributed by atoms with E-state index in [-0.39, 0.29) is 12.3 Å². The van der Waals surface area contributed by atoms with Gasteiger partial charge in [0.15, 0.2) is 0 Å². The van der Waals surface area contributed by atoms with Gasteiger partial charge in [0.2, 0.25) is 0 Å². The summed E-state index contributed by atoms with van der Waals surface area (Å²) in [6.45, 7) is 0.342. The first-order chi connectivity index (χ1) is 8.41. The summed E-state index contributed by atoms with van der Waals surface area (Å²) >= 11 is 3.13. The van der Waals surface area contributed by atoms with Crippen LogP contribution in [0.1, 0.15) is 23.2 Å². The van der Waals surface area contributed by atoms with Gasteiger partial charge >= 0.3 is 5.97 Å². The monoisotopic (exact) mass is 317 g/mol. The number of halogens is 2. The number of aliphatic carboxylic acids is 1. The van der Waals surface area contributed by atoms with Crippen molar-refractivity contribution >= 4 is 27.8 Å². The number of rotatable bonds is 5. The number of benzene rings is 1. The predicted molar refractivity (Wildman–Crippen MR) is 67.9 cm³/mol. The third-order valence-corrected chi connectivity index (χ3v) is 3.05. The highest BCUT2D eigenvalue weighted by molar-refractivity contribution is 9.10. The molecule has 98 valence electrons. The Morgan fingerprint density at radius 3 is 2.67 bits per heavy atom. The lowest BCUT2D eigenvalue weighted by Crippen LogP contribution is -2.28. The van der Waals surface area contributed by atoms with Crippen LogP contribution in [0.15, 0.2) is 22.7 Å². The van der Waals surface area contributed by atoms with Crippen LogP contribution in [0.4, 0.5) is 4.39 Å². The highest BCUT2D eigenvalue weighted by atomic mass is 79.9. The van der Waals surface area contributed by atoms with E-state index in [1.54, 1.807) is 7.05 Å². The average molecular weight is 318 g/mol. The number of carbonyl (C=O) groups excluding carboxylic acids is 1. The Morgan fingerprint density at radius 2 is 2.11 bits per heavy atom. The number of hydrogen-bond acceptors (Lipinski definition) is 2. The SMILES string of the molecule is CN(CCCC(=O)O)C(=O)c1ccc(F)cc1Br. The molecular formula is C12H13BrFNO3. The Morgan fingerprint density at radius 1 is 1.44 bits per heavy atom. The van der Waals surface area contributed by atoms with Crippen molar-refractivity contribution in [2.24, 2.45) is 0 Å². The minimum absolute atomic E-state index is 0.0161. The Hall–Kier alpha value is -1.43. The Labute approximate surface area is 113 Å². The molecule has 0 saturated carbocycles. The summed E-state index contributed by atoms with van der Waals surface area (Å²) in [5.74, 6) is -1.59. The molecule has 1 amide bonds. The second kappa shape index (κ2) is 6.49. The summed E-state index contributed by atoms with van der Waals surface area (Å²) in [4.78, 5) is 23.8. The van der Waals surface area contributed by atoms with E-state index in [4.69, 9.17) is 5.11 Å². The van der Waals surface area contributed by atoms with Crippen molar-refractivity contribution in [2.75, 3.05) is 13.6 Å². The summed E-state index contributed by atoms with van der Waals surface area (Å²) in [6.07, 6.45) is 0.401. The van der Waals surface area contributed by atoms with Crippen molar-refractivity contribution < 1.29 is 19.1 Å². The maximum absolute atomic E-state index is 12.9. The molecule has 0 radical (unpaired) electrons. The van der Waals surface area contributed by atoms with E-state index >= 15 is 0 Å². The molecule has 0 spiro atoms. The normalized spacial score (nSPS) is 10.2. The first-order valence-corrected chi connectivity index (χ1v) is 6.13. The molecule has 0 saturated heterocycles. The van der Waals surface area contributed by atoms with Gasteiger partial charge in [-0.25, -0.2) is 4.39 Å². The number of carbonyl (C=O) groups is 2. The van der Waals surface area contributed by atoms with Crippen LogP contribution < -0.4 is 0 Å². The molecule has 0 heterocycles. The van der Waals surface area contributed by atoms with Gasteiger partial charge in [-0.1, -0.05) is 0 Å². The van der Waals surface area contributed by atoms with Gasteiger partial charge in [-0.2, -0.15) is 0 Å². The van der Waals surface area contributed by atoms with Crippen LogP contribution in [0.2, 0.25) is 0 Å². The molecule has 1 rings (SSSR count). The quantitative estimate of drug-likeness (QED) is 0.907. The van der Waals surface area contributed by atoms with Crippen LogP contribution in [-0.4, -0.2) is 35.5 Å². The second-order valence-corrected chi connectivity index (χ2v) is 4.70. The van der Waals surface area contributed by atoms with E-state index in [1.807, 2.05) is 0 Å². The van der Waals surface area contributed by atoms with Crippen molar-refractivity contribution in [3.8, 4) is 0 Å². The van der Waals surface area contributed by atoms with Crippen LogP contribution in [0, 0.1) is 5.82 Å². The first kappa shape index (κ1) is 14.6. The maximum Gasteiger partial charge on any atom is 0.303 e. The molecular weight excluding hydrogens is 305 g/mol. The minimum atomic E-state index is -0.890. The lowest BCUT2D eigenvalue weighted by Gasteiger charge is -2.17.